The van der Waals surface area contributed by atoms with Crippen molar-refractivity contribution in [2.75, 3.05) is 39.4 Å². The molecule has 6 heteroatoms. The summed E-state index contributed by atoms with van der Waals surface area (Å²) < 4.78 is 5.27. The van der Waals surface area contributed by atoms with E-state index >= 15 is 0 Å². The molecular weight excluding hydrogens is 294 g/mol. The van der Waals surface area contributed by atoms with Gasteiger partial charge in [0.05, 0.1) is 13.2 Å². The number of nitrogens with one attached hydrogen (secondary N) is 2. The van der Waals surface area contributed by atoms with Crippen LogP contribution in [0.15, 0.2) is 24.3 Å². The first-order chi connectivity index (χ1) is 11.1. The molecule has 0 aromatic heterocycles. The Morgan fingerprint density at radius 2 is 1.83 bits per heavy atom. The van der Waals surface area contributed by atoms with Crippen molar-refractivity contribution in [2.24, 2.45) is 0 Å². The van der Waals surface area contributed by atoms with E-state index in [0.29, 0.717) is 13.1 Å². The van der Waals surface area contributed by atoms with Crippen molar-refractivity contribution in [3.63, 3.8) is 0 Å². The van der Waals surface area contributed by atoms with Crippen LogP contribution < -0.4 is 10.6 Å². The van der Waals surface area contributed by atoms with E-state index in [1.165, 1.54) is 0 Å². The number of carbonyl (C=O) groups excluding carboxylic acids is 2. The summed E-state index contributed by atoms with van der Waals surface area (Å²) in [5, 5.41) is 5.57. The fraction of sp³-hybridized carbons (Fsp3) is 0.529. The SMILES string of the molecule is Cc1ccccc1CNC(=O)CC(=O)NCCN1CCOCC1. The van der Waals surface area contributed by atoms with E-state index in [1.54, 1.807) is 0 Å². The second-order valence-corrected chi connectivity index (χ2v) is 5.68. The predicted octanol–water partition coefficient (Wildman–Crippen LogP) is 0.450. The summed E-state index contributed by atoms with van der Waals surface area (Å²) in [6.45, 7) is 7.08. The Bertz CT molecular complexity index is 528. The van der Waals surface area contributed by atoms with Crippen LogP contribution in [0.25, 0.3) is 0 Å². The Labute approximate surface area is 137 Å². The van der Waals surface area contributed by atoms with Crippen molar-refractivity contribution in [2.45, 2.75) is 19.9 Å². The molecule has 1 heterocycles. The first-order valence-electron chi connectivity index (χ1n) is 8.03. The quantitative estimate of drug-likeness (QED) is 0.716. The number of hydrogen-bond donors (Lipinski definition) is 2. The van der Waals surface area contributed by atoms with Crippen LogP contribution in [-0.2, 0) is 20.9 Å². The maximum Gasteiger partial charge on any atom is 0.229 e. The predicted molar refractivity (Wildman–Crippen MR) is 87.9 cm³/mol. The molecule has 0 unspecified atom stereocenters. The van der Waals surface area contributed by atoms with E-state index in [9.17, 15) is 9.59 Å². The van der Waals surface area contributed by atoms with Crippen LogP contribution in [0.3, 0.4) is 0 Å². The van der Waals surface area contributed by atoms with E-state index in [1.807, 2.05) is 31.2 Å². The zero-order chi connectivity index (χ0) is 16.5. The molecule has 0 aliphatic carbocycles. The number of rotatable bonds is 7. The van der Waals surface area contributed by atoms with Crippen LogP contribution in [0.5, 0.6) is 0 Å². The molecule has 126 valence electrons. The number of nitrogens with zero attached hydrogens (tertiary/aromatic N) is 1. The van der Waals surface area contributed by atoms with Crippen molar-refractivity contribution >= 4 is 11.8 Å². The fourth-order valence-corrected chi connectivity index (χ4v) is 2.45. The molecule has 2 amide bonds. The van der Waals surface area contributed by atoms with Gasteiger partial charge >= 0.3 is 0 Å². The van der Waals surface area contributed by atoms with Crippen LogP contribution in [0.4, 0.5) is 0 Å². The second-order valence-electron chi connectivity index (χ2n) is 5.68. The molecule has 6 nitrogen and oxygen atoms in total. The molecule has 0 bridgehead atoms. The van der Waals surface area contributed by atoms with Crippen molar-refractivity contribution in [3.05, 3.63) is 35.4 Å². The molecule has 2 rings (SSSR count). The molecular formula is C17H25N3O3. The highest BCUT2D eigenvalue weighted by Gasteiger charge is 2.12. The van der Waals surface area contributed by atoms with Crippen molar-refractivity contribution < 1.29 is 14.3 Å². The van der Waals surface area contributed by atoms with Gasteiger partial charge in [0.1, 0.15) is 6.42 Å². The Kier molecular flexibility index (Phi) is 7.03. The molecule has 0 saturated carbocycles. The summed E-state index contributed by atoms with van der Waals surface area (Å²) in [6, 6.07) is 7.87. The largest absolute Gasteiger partial charge is 0.379 e. The van der Waals surface area contributed by atoms with Crippen molar-refractivity contribution in [1.29, 1.82) is 0 Å². The van der Waals surface area contributed by atoms with E-state index < -0.39 is 0 Å². The zero-order valence-electron chi connectivity index (χ0n) is 13.6. The first kappa shape index (κ1) is 17.4. The molecule has 2 N–H and O–H groups in total. The monoisotopic (exact) mass is 319 g/mol. The minimum absolute atomic E-state index is 0.130. The highest BCUT2D eigenvalue weighted by atomic mass is 16.5. The standard InChI is InChI=1S/C17H25N3O3/c1-14-4-2-3-5-15(14)13-19-17(22)12-16(21)18-6-7-20-8-10-23-11-9-20/h2-5H,6-13H2,1H3,(H,18,21)(H,19,22). The number of benzene rings is 1. The van der Waals surface area contributed by atoms with Gasteiger partial charge in [-0.15, -0.1) is 0 Å². The number of ether oxygens (including phenoxy) is 1. The zero-order valence-corrected chi connectivity index (χ0v) is 13.6. The summed E-state index contributed by atoms with van der Waals surface area (Å²) in [4.78, 5) is 25.8. The normalized spacial score (nSPS) is 15.2. The van der Waals surface area contributed by atoms with Crippen LogP contribution in [0, 0.1) is 6.92 Å². The van der Waals surface area contributed by atoms with E-state index in [4.69, 9.17) is 4.74 Å². The van der Waals surface area contributed by atoms with E-state index in [2.05, 4.69) is 15.5 Å². The van der Waals surface area contributed by atoms with Gasteiger partial charge in [-0.2, -0.15) is 0 Å². The number of amides is 2. The molecule has 1 aliphatic rings. The number of hydrogen-bond acceptors (Lipinski definition) is 4. The molecule has 23 heavy (non-hydrogen) atoms. The average Bonchev–Trinajstić information content (AvgIpc) is 2.55. The molecule has 1 aliphatic heterocycles. The Morgan fingerprint density at radius 1 is 1.13 bits per heavy atom. The minimum atomic E-state index is -0.253. The first-order valence-corrected chi connectivity index (χ1v) is 8.03. The third-order valence-corrected chi connectivity index (χ3v) is 3.91. The van der Waals surface area contributed by atoms with E-state index in [0.717, 1.165) is 44.0 Å². The highest BCUT2D eigenvalue weighted by molar-refractivity contribution is 5.96. The van der Waals surface area contributed by atoms with Gasteiger partial charge in [-0.3, -0.25) is 14.5 Å². The summed E-state index contributed by atoms with van der Waals surface area (Å²) in [5.41, 5.74) is 2.19. The summed E-state index contributed by atoms with van der Waals surface area (Å²) >= 11 is 0. The molecule has 0 spiro atoms. The fourth-order valence-electron chi connectivity index (χ4n) is 2.45. The summed E-state index contributed by atoms with van der Waals surface area (Å²) in [7, 11) is 0. The van der Waals surface area contributed by atoms with Gasteiger partial charge in [0.15, 0.2) is 0 Å². The topological polar surface area (TPSA) is 70.7 Å². The third kappa shape index (κ3) is 6.38. The van der Waals surface area contributed by atoms with Crippen molar-refractivity contribution in [3.8, 4) is 0 Å². The third-order valence-electron chi connectivity index (χ3n) is 3.91. The maximum absolute atomic E-state index is 11.8. The van der Waals surface area contributed by atoms with Gasteiger partial charge in [0.2, 0.25) is 11.8 Å². The van der Waals surface area contributed by atoms with Crippen LogP contribution in [-0.4, -0.2) is 56.1 Å². The number of aryl methyl sites for hydroxylation is 1. The second kappa shape index (κ2) is 9.27. The van der Waals surface area contributed by atoms with Gasteiger partial charge < -0.3 is 15.4 Å². The molecule has 0 atom stereocenters. The maximum atomic E-state index is 11.8. The van der Waals surface area contributed by atoms with Gasteiger partial charge in [0.25, 0.3) is 0 Å². The lowest BCUT2D eigenvalue weighted by atomic mass is 10.1. The summed E-state index contributed by atoms with van der Waals surface area (Å²) in [5.74, 6) is -0.488. The molecule has 1 aromatic carbocycles. The Morgan fingerprint density at radius 3 is 2.57 bits per heavy atom. The minimum Gasteiger partial charge on any atom is -0.379 e. The van der Waals surface area contributed by atoms with Gasteiger partial charge in [-0.25, -0.2) is 0 Å². The van der Waals surface area contributed by atoms with Crippen molar-refractivity contribution in [1.82, 2.24) is 15.5 Å². The van der Waals surface area contributed by atoms with E-state index in [-0.39, 0.29) is 18.2 Å². The summed E-state index contributed by atoms with van der Waals surface area (Å²) in [6.07, 6.45) is -0.130. The lowest BCUT2D eigenvalue weighted by Gasteiger charge is -2.26. The number of morpholine rings is 1. The number of carbonyl (C=O) groups is 2. The lowest BCUT2D eigenvalue weighted by molar-refractivity contribution is -0.129. The molecule has 1 fully saturated rings. The Balaban J connectivity index is 1.60. The molecule has 0 radical (unpaired) electrons. The molecule has 1 aromatic rings. The Hall–Kier alpha value is -1.92. The highest BCUT2D eigenvalue weighted by Crippen LogP contribution is 2.06. The van der Waals surface area contributed by atoms with Crippen LogP contribution >= 0.6 is 0 Å². The smallest absolute Gasteiger partial charge is 0.229 e. The van der Waals surface area contributed by atoms with Crippen LogP contribution in [0.1, 0.15) is 17.5 Å². The van der Waals surface area contributed by atoms with Gasteiger partial charge in [-0.05, 0) is 18.1 Å². The lowest BCUT2D eigenvalue weighted by Crippen LogP contribution is -2.42. The van der Waals surface area contributed by atoms with Crippen LogP contribution in [0.2, 0.25) is 0 Å². The van der Waals surface area contributed by atoms with Gasteiger partial charge in [0, 0.05) is 32.7 Å². The average molecular weight is 319 g/mol. The molecule has 1 saturated heterocycles. The van der Waals surface area contributed by atoms with Gasteiger partial charge in [-0.1, -0.05) is 24.3 Å².